The first-order chi connectivity index (χ1) is 11.0. The molecule has 1 atom stereocenters. The number of fused-ring (bicyclic) bond motifs is 1. The SMILES string of the molecule is C=CCCS(=O)(=O)N1CCC[C@@H](c2nc3ccc(C)cc3[nH]2)C1. The number of aromatic amines is 1. The summed E-state index contributed by atoms with van der Waals surface area (Å²) in [6.07, 6.45) is 3.98. The van der Waals surface area contributed by atoms with E-state index in [2.05, 4.69) is 29.5 Å². The Morgan fingerprint density at radius 2 is 2.30 bits per heavy atom. The molecule has 1 fully saturated rings. The van der Waals surface area contributed by atoms with Crippen molar-refractivity contribution in [3.05, 3.63) is 42.2 Å². The fourth-order valence-corrected chi connectivity index (χ4v) is 4.65. The zero-order valence-corrected chi connectivity index (χ0v) is 14.3. The minimum absolute atomic E-state index is 0.134. The molecule has 23 heavy (non-hydrogen) atoms. The zero-order valence-electron chi connectivity index (χ0n) is 13.5. The Balaban J connectivity index is 1.81. The monoisotopic (exact) mass is 333 g/mol. The van der Waals surface area contributed by atoms with E-state index in [4.69, 9.17) is 0 Å². The molecule has 1 aromatic heterocycles. The summed E-state index contributed by atoms with van der Waals surface area (Å²) in [4.78, 5) is 8.04. The van der Waals surface area contributed by atoms with Crippen molar-refractivity contribution in [3.8, 4) is 0 Å². The number of H-pyrrole nitrogens is 1. The summed E-state index contributed by atoms with van der Waals surface area (Å²) in [5.41, 5.74) is 3.15. The lowest BCUT2D eigenvalue weighted by Crippen LogP contribution is -2.40. The third-order valence-electron chi connectivity index (χ3n) is 4.40. The fraction of sp³-hybridized carbons (Fsp3) is 0.471. The Morgan fingerprint density at radius 1 is 1.48 bits per heavy atom. The molecule has 0 bridgehead atoms. The van der Waals surface area contributed by atoms with Crippen LogP contribution in [0.4, 0.5) is 0 Å². The van der Waals surface area contributed by atoms with Crippen molar-refractivity contribution in [1.29, 1.82) is 0 Å². The first-order valence-electron chi connectivity index (χ1n) is 8.04. The first-order valence-corrected chi connectivity index (χ1v) is 9.65. The van der Waals surface area contributed by atoms with Gasteiger partial charge in [0, 0.05) is 19.0 Å². The van der Waals surface area contributed by atoms with Crippen molar-refractivity contribution >= 4 is 21.1 Å². The number of sulfonamides is 1. The van der Waals surface area contributed by atoms with Gasteiger partial charge in [0.1, 0.15) is 5.82 Å². The molecular weight excluding hydrogens is 310 g/mol. The van der Waals surface area contributed by atoms with Gasteiger partial charge in [-0.15, -0.1) is 6.58 Å². The number of hydrogen-bond acceptors (Lipinski definition) is 3. The maximum atomic E-state index is 12.4. The molecule has 0 saturated carbocycles. The lowest BCUT2D eigenvalue weighted by atomic mass is 9.99. The summed E-state index contributed by atoms with van der Waals surface area (Å²) in [6, 6.07) is 6.12. The van der Waals surface area contributed by atoms with Crippen LogP contribution in [0.3, 0.4) is 0 Å². The van der Waals surface area contributed by atoms with Crippen LogP contribution in [0.5, 0.6) is 0 Å². The predicted octanol–water partition coefficient (Wildman–Crippen LogP) is 2.96. The van der Waals surface area contributed by atoms with E-state index in [1.54, 1.807) is 10.4 Å². The quantitative estimate of drug-likeness (QED) is 0.856. The van der Waals surface area contributed by atoms with Crippen LogP contribution in [-0.2, 0) is 10.0 Å². The summed E-state index contributed by atoms with van der Waals surface area (Å²) in [5, 5.41) is 0. The molecule has 1 N–H and O–H groups in total. The molecule has 124 valence electrons. The third kappa shape index (κ3) is 3.48. The summed E-state index contributed by atoms with van der Waals surface area (Å²) >= 11 is 0. The molecule has 6 heteroatoms. The van der Waals surface area contributed by atoms with Crippen molar-refractivity contribution in [1.82, 2.24) is 14.3 Å². The summed E-state index contributed by atoms with van der Waals surface area (Å²) in [5.74, 6) is 1.17. The van der Waals surface area contributed by atoms with Crippen molar-refractivity contribution in [2.45, 2.75) is 32.1 Å². The topological polar surface area (TPSA) is 66.1 Å². The summed E-state index contributed by atoms with van der Waals surface area (Å²) in [6.45, 7) is 6.77. The summed E-state index contributed by atoms with van der Waals surface area (Å²) < 4.78 is 26.4. The van der Waals surface area contributed by atoms with Crippen molar-refractivity contribution in [3.63, 3.8) is 0 Å². The number of allylic oxidation sites excluding steroid dienone is 1. The predicted molar refractivity (Wildman–Crippen MR) is 93.0 cm³/mol. The van der Waals surface area contributed by atoms with E-state index < -0.39 is 10.0 Å². The number of rotatable bonds is 5. The minimum Gasteiger partial charge on any atom is -0.342 e. The molecule has 5 nitrogen and oxygen atoms in total. The second-order valence-electron chi connectivity index (χ2n) is 6.23. The van der Waals surface area contributed by atoms with Gasteiger partial charge in [-0.2, -0.15) is 0 Å². The van der Waals surface area contributed by atoms with E-state index in [1.165, 1.54) is 5.56 Å². The standard InChI is InChI=1S/C17H23N3O2S/c1-3-4-10-23(21,22)20-9-5-6-14(12-20)17-18-15-8-7-13(2)11-16(15)19-17/h3,7-8,11,14H,1,4-6,9-10,12H2,2H3,(H,18,19)/t14-/m1/s1. The first kappa shape index (κ1) is 16.2. The number of aromatic nitrogens is 2. The molecule has 0 spiro atoms. The van der Waals surface area contributed by atoms with Crippen LogP contribution >= 0.6 is 0 Å². The molecule has 1 aliphatic heterocycles. The lowest BCUT2D eigenvalue weighted by Gasteiger charge is -2.30. The van der Waals surface area contributed by atoms with Gasteiger partial charge >= 0.3 is 0 Å². The van der Waals surface area contributed by atoms with Gasteiger partial charge in [0.05, 0.1) is 16.8 Å². The number of nitrogens with zero attached hydrogens (tertiary/aromatic N) is 2. The van der Waals surface area contributed by atoms with E-state index in [1.807, 2.05) is 12.1 Å². The average Bonchev–Trinajstić information content (AvgIpc) is 2.96. The van der Waals surface area contributed by atoms with Crippen LogP contribution in [0.25, 0.3) is 11.0 Å². The highest BCUT2D eigenvalue weighted by molar-refractivity contribution is 7.89. The van der Waals surface area contributed by atoms with Gasteiger partial charge < -0.3 is 4.98 Å². The van der Waals surface area contributed by atoms with Gasteiger partial charge in [-0.25, -0.2) is 17.7 Å². The Morgan fingerprint density at radius 3 is 3.09 bits per heavy atom. The van der Waals surface area contributed by atoms with Crippen LogP contribution in [0.15, 0.2) is 30.9 Å². The molecule has 1 aliphatic rings. The lowest BCUT2D eigenvalue weighted by molar-refractivity contribution is 0.310. The molecule has 2 aromatic rings. The highest BCUT2D eigenvalue weighted by atomic mass is 32.2. The number of piperidine rings is 1. The molecule has 0 aliphatic carbocycles. The van der Waals surface area contributed by atoms with Crippen LogP contribution in [-0.4, -0.2) is 41.5 Å². The Hall–Kier alpha value is -1.66. The Bertz CT molecular complexity index is 810. The number of imidazole rings is 1. The molecular formula is C17H23N3O2S. The number of nitrogens with one attached hydrogen (secondary N) is 1. The second kappa shape index (κ2) is 6.45. The molecule has 1 aromatic carbocycles. The third-order valence-corrected chi connectivity index (χ3v) is 6.27. The summed E-state index contributed by atoms with van der Waals surface area (Å²) in [7, 11) is -3.20. The van der Waals surface area contributed by atoms with Gasteiger partial charge in [0.15, 0.2) is 0 Å². The molecule has 3 rings (SSSR count). The molecule has 0 radical (unpaired) electrons. The molecule has 2 heterocycles. The molecule has 0 amide bonds. The van der Waals surface area contributed by atoms with E-state index in [-0.39, 0.29) is 11.7 Å². The van der Waals surface area contributed by atoms with E-state index in [0.717, 1.165) is 29.7 Å². The fourth-order valence-electron chi connectivity index (χ4n) is 3.12. The smallest absolute Gasteiger partial charge is 0.214 e. The van der Waals surface area contributed by atoms with Crippen LogP contribution in [0.1, 0.15) is 36.6 Å². The van der Waals surface area contributed by atoms with E-state index in [9.17, 15) is 8.42 Å². The van der Waals surface area contributed by atoms with Crippen molar-refractivity contribution in [2.24, 2.45) is 0 Å². The highest BCUT2D eigenvalue weighted by Crippen LogP contribution is 2.28. The highest BCUT2D eigenvalue weighted by Gasteiger charge is 2.30. The average molecular weight is 333 g/mol. The largest absolute Gasteiger partial charge is 0.342 e. The van der Waals surface area contributed by atoms with Crippen LogP contribution in [0, 0.1) is 6.92 Å². The van der Waals surface area contributed by atoms with Crippen molar-refractivity contribution < 1.29 is 8.42 Å². The molecule has 1 saturated heterocycles. The Kier molecular flexibility index (Phi) is 4.55. The van der Waals surface area contributed by atoms with Gasteiger partial charge in [0.2, 0.25) is 10.0 Å². The van der Waals surface area contributed by atoms with Crippen LogP contribution in [0.2, 0.25) is 0 Å². The van der Waals surface area contributed by atoms with Gasteiger partial charge in [-0.05, 0) is 43.9 Å². The van der Waals surface area contributed by atoms with Gasteiger partial charge in [0.25, 0.3) is 0 Å². The van der Waals surface area contributed by atoms with Crippen molar-refractivity contribution in [2.75, 3.05) is 18.8 Å². The maximum Gasteiger partial charge on any atom is 0.214 e. The number of hydrogen-bond donors (Lipinski definition) is 1. The zero-order chi connectivity index (χ0) is 16.4. The van der Waals surface area contributed by atoms with E-state index in [0.29, 0.717) is 19.5 Å². The Labute approximate surface area is 137 Å². The van der Waals surface area contributed by atoms with Gasteiger partial charge in [-0.1, -0.05) is 12.1 Å². The maximum absolute atomic E-state index is 12.4. The second-order valence-corrected chi connectivity index (χ2v) is 8.32. The van der Waals surface area contributed by atoms with Gasteiger partial charge in [-0.3, -0.25) is 0 Å². The molecule has 0 unspecified atom stereocenters. The van der Waals surface area contributed by atoms with E-state index >= 15 is 0 Å². The number of benzene rings is 1. The van der Waals surface area contributed by atoms with Crippen LogP contribution < -0.4 is 0 Å². The minimum atomic E-state index is -3.20. The normalized spacial score (nSPS) is 20.0. The number of aryl methyl sites for hydroxylation is 1.